The van der Waals surface area contributed by atoms with Crippen molar-refractivity contribution < 1.29 is 0 Å². The van der Waals surface area contributed by atoms with Crippen LogP contribution in [0.4, 0.5) is 5.95 Å². The second-order valence-electron chi connectivity index (χ2n) is 2.96. The van der Waals surface area contributed by atoms with E-state index in [1.165, 1.54) is 0 Å². The molecule has 72 valence electrons. The summed E-state index contributed by atoms with van der Waals surface area (Å²) in [4.78, 5) is 8.32. The van der Waals surface area contributed by atoms with Crippen molar-refractivity contribution in [2.24, 2.45) is 0 Å². The molecule has 14 heavy (non-hydrogen) atoms. The van der Waals surface area contributed by atoms with Crippen molar-refractivity contribution in [3.63, 3.8) is 0 Å². The Balaban J connectivity index is 2.52. The molecule has 0 saturated carbocycles. The highest BCUT2D eigenvalue weighted by Gasteiger charge is 2.07. The smallest absolute Gasteiger partial charge is 0.200 e. The third kappa shape index (κ3) is 1.35. The predicted octanol–water partition coefficient (Wildman–Crippen LogP) is 1.55. The standard InChI is InChI=1S/C10H12N4/c1-2-14-9(7-13-10(14)11)8-5-3-4-6-12-8/h3-7H,2H2,1H3,(H2,11,13). The highest BCUT2D eigenvalue weighted by molar-refractivity contribution is 5.56. The van der Waals surface area contributed by atoms with Crippen LogP contribution in [0.15, 0.2) is 30.6 Å². The topological polar surface area (TPSA) is 56.7 Å². The number of anilines is 1. The maximum atomic E-state index is 5.71. The van der Waals surface area contributed by atoms with E-state index >= 15 is 0 Å². The molecule has 0 bridgehead atoms. The summed E-state index contributed by atoms with van der Waals surface area (Å²) in [5.41, 5.74) is 7.58. The fraction of sp³-hybridized carbons (Fsp3) is 0.200. The molecule has 0 saturated heterocycles. The van der Waals surface area contributed by atoms with E-state index in [-0.39, 0.29) is 0 Å². The lowest BCUT2D eigenvalue weighted by Crippen LogP contribution is -2.03. The Hall–Kier alpha value is -1.84. The molecule has 0 radical (unpaired) electrons. The fourth-order valence-electron chi connectivity index (χ4n) is 1.44. The zero-order chi connectivity index (χ0) is 9.97. The summed E-state index contributed by atoms with van der Waals surface area (Å²) in [6.45, 7) is 2.84. The molecule has 0 unspecified atom stereocenters. The molecule has 2 rings (SSSR count). The van der Waals surface area contributed by atoms with Gasteiger partial charge in [0.1, 0.15) is 0 Å². The number of hydrogen-bond acceptors (Lipinski definition) is 3. The first-order valence-corrected chi connectivity index (χ1v) is 4.55. The van der Waals surface area contributed by atoms with Gasteiger partial charge in [-0.05, 0) is 19.1 Å². The zero-order valence-corrected chi connectivity index (χ0v) is 8.01. The van der Waals surface area contributed by atoms with E-state index < -0.39 is 0 Å². The average molecular weight is 188 g/mol. The van der Waals surface area contributed by atoms with Gasteiger partial charge in [-0.1, -0.05) is 6.07 Å². The molecule has 0 amide bonds. The number of pyridine rings is 1. The minimum Gasteiger partial charge on any atom is -0.369 e. The maximum Gasteiger partial charge on any atom is 0.200 e. The van der Waals surface area contributed by atoms with Gasteiger partial charge in [0.2, 0.25) is 5.95 Å². The van der Waals surface area contributed by atoms with Crippen LogP contribution in [0.2, 0.25) is 0 Å². The molecule has 0 spiro atoms. The summed E-state index contributed by atoms with van der Waals surface area (Å²) in [7, 11) is 0. The molecule has 0 aliphatic rings. The van der Waals surface area contributed by atoms with Gasteiger partial charge in [-0.25, -0.2) is 4.98 Å². The minimum absolute atomic E-state index is 0.535. The highest BCUT2D eigenvalue weighted by atomic mass is 15.2. The Morgan fingerprint density at radius 3 is 2.86 bits per heavy atom. The Morgan fingerprint density at radius 1 is 1.36 bits per heavy atom. The monoisotopic (exact) mass is 188 g/mol. The van der Waals surface area contributed by atoms with Gasteiger partial charge in [-0.3, -0.25) is 4.98 Å². The van der Waals surface area contributed by atoms with Crippen LogP contribution in [-0.4, -0.2) is 14.5 Å². The molecule has 4 nitrogen and oxygen atoms in total. The molecule has 0 aliphatic heterocycles. The molecule has 0 aliphatic carbocycles. The molecule has 2 N–H and O–H groups in total. The quantitative estimate of drug-likeness (QED) is 0.777. The third-order valence-corrected chi connectivity index (χ3v) is 2.13. The molecule has 0 atom stereocenters. The van der Waals surface area contributed by atoms with Crippen molar-refractivity contribution in [1.29, 1.82) is 0 Å². The van der Waals surface area contributed by atoms with Gasteiger partial charge in [-0.2, -0.15) is 0 Å². The third-order valence-electron chi connectivity index (χ3n) is 2.13. The number of nitrogens with zero attached hydrogens (tertiary/aromatic N) is 3. The second-order valence-corrected chi connectivity index (χ2v) is 2.96. The molecule has 2 aromatic heterocycles. The number of aromatic nitrogens is 3. The van der Waals surface area contributed by atoms with Gasteiger partial charge >= 0.3 is 0 Å². The van der Waals surface area contributed by atoms with E-state index in [1.807, 2.05) is 29.7 Å². The number of hydrogen-bond donors (Lipinski definition) is 1. The van der Waals surface area contributed by atoms with E-state index in [1.54, 1.807) is 12.4 Å². The average Bonchev–Trinajstić information content (AvgIpc) is 2.61. The van der Waals surface area contributed by atoms with Crippen LogP contribution >= 0.6 is 0 Å². The van der Waals surface area contributed by atoms with Gasteiger partial charge in [0.05, 0.1) is 17.6 Å². The number of nitrogen functional groups attached to an aromatic ring is 1. The van der Waals surface area contributed by atoms with E-state index in [4.69, 9.17) is 5.73 Å². The molecule has 2 aromatic rings. The molecular formula is C10H12N4. The molecule has 4 heteroatoms. The Kier molecular flexibility index (Phi) is 2.18. The van der Waals surface area contributed by atoms with E-state index in [0.717, 1.165) is 17.9 Å². The summed E-state index contributed by atoms with van der Waals surface area (Å²) >= 11 is 0. The van der Waals surface area contributed by atoms with Crippen molar-refractivity contribution in [1.82, 2.24) is 14.5 Å². The van der Waals surface area contributed by atoms with Crippen LogP contribution in [0.1, 0.15) is 6.92 Å². The van der Waals surface area contributed by atoms with Gasteiger partial charge in [-0.15, -0.1) is 0 Å². The van der Waals surface area contributed by atoms with E-state index in [0.29, 0.717) is 5.95 Å². The summed E-state index contributed by atoms with van der Waals surface area (Å²) in [5.74, 6) is 0.535. The summed E-state index contributed by atoms with van der Waals surface area (Å²) in [5, 5.41) is 0. The van der Waals surface area contributed by atoms with E-state index in [9.17, 15) is 0 Å². The minimum atomic E-state index is 0.535. The van der Waals surface area contributed by atoms with Gasteiger partial charge < -0.3 is 10.3 Å². The lowest BCUT2D eigenvalue weighted by Gasteiger charge is -2.05. The molecular weight excluding hydrogens is 176 g/mol. The van der Waals surface area contributed by atoms with Crippen LogP contribution in [-0.2, 0) is 6.54 Å². The van der Waals surface area contributed by atoms with Crippen molar-refractivity contribution in [2.45, 2.75) is 13.5 Å². The van der Waals surface area contributed by atoms with Crippen LogP contribution in [0.3, 0.4) is 0 Å². The van der Waals surface area contributed by atoms with Crippen molar-refractivity contribution in [3.05, 3.63) is 30.6 Å². The first-order valence-electron chi connectivity index (χ1n) is 4.55. The SMILES string of the molecule is CCn1c(-c2ccccn2)cnc1N. The highest BCUT2D eigenvalue weighted by Crippen LogP contribution is 2.18. The molecule has 2 heterocycles. The number of rotatable bonds is 2. The summed E-state index contributed by atoms with van der Waals surface area (Å²) in [6.07, 6.45) is 3.51. The largest absolute Gasteiger partial charge is 0.369 e. The first kappa shape index (κ1) is 8.74. The summed E-state index contributed by atoms with van der Waals surface area (Å²) < 4.78 is 1.93. The normalized spacial score (nSPS) is 10.4. The maximum absolute atomic E-state index is 5.71. The lowest BCUT2D eigenvalue weighted by atomic mass is 10.3. The second kappa shape index (κ2) is 3.49. The van der Waals surface area contributed by atoms with Gasteiger partial charge in [0.25, 0.3) is 0 Å². The predicted molar refractivity (Wildman–Crippen MR) is 55.5 cm³/mol. The van der Waals surface area contributed by atoms with Gasteiger partial charge in [0, 0.05) is 12.7 Å². The Labute approximate surface area is 82.4 Å². The van der Waals surface area contributed by atoms with Crippen LogP contribution in [0.25, 0.3) is 11.4 Å². The lowest BCUT2D eigenvalue weighted by molar-refractivity contribution is 0.779. The zero-order valence-electron chi connectivity index (χ0n) is 8.01. The van der Waals surface area contributed by atoms with Crippen LogP contribution < -0.4 is 5.73 Å². The van der Waals surface area contributed by atoms with Crippen LogP contribution in [0.5, 0.6) is 0 Å². The van der Waals surface area contributed by atoms with Crippen molar-refractivity contribution in [3.8, 4) is 11.4 Å². The summed E-state index contributed by atoms with van der Waals surface area (Å²) in [6, 6.07) is 5.79. The number of nitrogens with two attached hydrogens (primary N) is 1. The van der Waals surface area contributed by atoms with E-state index in [2.05, 4.69) is 9.97 Å². The molecule has 0 fully saturated rings. The Morgan fingerprint density at radius 2 is 2.21 bits per heavy atom. The van der Waals surface area contributed by atoms with Gasteiger partial charge in [0.15, 0.2) is 0 Å². The fourth-order valence-corrected chi connectivity index (χ4v) is 1.44. The van der Waals surface area contributed by atoms with Crippen molar-refractivity contribution in [2.75, 3.05) is 5.73 Å². The Bertz CT molecular complexity index is 419. The molecule has 0 aromatic carbocycles. The number of imidazole rings is 1. The van der Waals surface area contributed by atoms with Crippen molar-refractivity contribution >= 4 is 5.95 Å². The first-order chi connectivity index (χ1) is 6.83. The van der Waals surface area contributed by atoms with Crippen LogP contribution in [0, 0.1) is 0 Å².